The maximum Gasteiger partial charge on any atom is 0.338 e. The van der Waals surface area contributed by atoms with E-state index in [1.165, 1.54) is 19.1 Å². The first-order chi connectivity index (χ1) is 15.8. The van der Waals surface area contributed by atoms with Gasteiger partial charge in [0.1, 0.15) is 10.7 Å². The number of fused-ring (bicyclic) bond motifs is 3. The van der Waals surface area contributed by atoms with Gasteiger partial charge < -0.3 is 15.0 Å². The monoisotopic (exact) mass is 466 g/mol. The summed E-state index contributed by atoms with van der Waals surface area (Å²) in [4.78, 5) is 26.9. The van der Waals surface area contributed by atoms with Gasteiger partial charge in [-0.1, -0.05) is 6.42 Å². The molecule has 1 amide bonds. The van der Waals surface area contributed by atoms with Crippen LogP contribution in [0.1, 0.15) is 48.5 Å². The van der Waals surface area contributed by atoms with Crippen LogP contribution in [0, 0.1) is 11.3 Å². The number of hydrogen-bond acceptors (Lipinski definition) is 7. The van der Waals surface area contributed by atoms with Gasteiger partial charge in [0, 0.05) is 18.7 Å². The van der Waals surface area contributed by atoms with Crippen molar-refractivity contribution in [1.82, 2.24) is 0 Å². The lowest BCUT2D eigenvalue weighted by molar-refractivity contribution is -0.123. The van der Waals surface area contributed by atoms with Crippen molar-refractivity contribution < 1.29 is 22.7 Å². The topological polar surface area (TPSA) is 129 Å². The minimum atomic E-state index is -3.94. The second-order valence-corrected chi connectivity index (χ2v) is 9.43. The van der Waals surface area contributed by atoms with Gasteiger partial charge in [-0.15, -0.1) is 4.40 Å². The predicted octanol–water partition coefficient (Wildman–Crippen LogP) is 3.22. The molecule has 2 aromatic carbocycles. The fraction of sp³-hybridized carbons (Fsp3) is 0.304. The van der Waals surface area contributed by atoms with Crippen LogP contribution in [-0.2, 0) is 19.6 Å². The van der Waals surface area contributed by atoms with E-state index in [4.69, 9.17) is 10.00 Å². The second kappa shape index (κ2) is 9.03. The Morgan fingerprint density at radius 2 is 1.91 bits per heavy atom. The zero-order chi connectivity index (χ0) is 23.6. The van der Waals surface area contributed by atoms with E-state index < -0.39 is 28.0 Å². The van der Waals surface area contributed by atoms with Gasteiger partial charge in [0.05, 0.1) is 22.9 Å². The Morgan fingerprint density at radius 3 is 2.64 bits per heavy atom. The molecule has 0 radical (unpaired) electrons. The van der Waals surface area contributed by atoms with Gasteiger partial charge in [-0.2, -0.15) is 13.7 Å². The van der Waals surface area contributed by atoms with E-state index in [1.54, 1.807) is 30.3 Å². The fourth-order valence-corrected chi connectivity index (χ4v) is 5.05. The van der Waals surface area contributed by atoms with E-state index >= 15 is 0 Å². The van der Waals surface area contributed by atoms with Crippen LogP contribution in [0.5, 0.6) is 0 Å². The van der Waals surface area contributed by atoms with Crippen molar-refractivity contribution in [1.29, 1.82) is 5.26 Å². The van der Waals surface area contributed by atoms with Crippen LogP contribution in [0.2, 0.25) is 0 Å². The number of amides is 1. The molecule has 0 unspecified atom stereocenters. The number of benzene rings is 2. The van der Waals surface area contributed by atoms with Crippen molar-refractivity contribution in [2.75, 3.05) is 16.8 Å². The van der Waals surface area contributed by atoms with E-state index in [0.29, 0.717) is 35.7 Å². The summed E-state index contributed by atoms with van der Waals surface area (Å²) >= 11 is 0. The molecular weight excluding hydrogens is 444 g/mol. The Labute approximate surface area is 191 Å². The van der Waals surface area contributed by atoms with E-state index in [0.717, 1.165) is 19.3 Å². The highest BCUT2D eigenvalue weighted by molar-refractivity contribution is 7.90. The molecule has 170 valence electrons. The molecule has 10 heteroatoms. The maximum atomic E-state index is 12.7. The van der Waals surface area contributed by atoms with E-state index in [-0.39, 0.29) is 10.5 Å². The number of carbonyl (C=O) groups is 2. The zero-order valence-corrected chi connectivity index (χ0v) is 18.8. The Kier molecular flexibility index (Phi) is 6.16. The first kappa shape index (κ1) is 22.5. The molecule has 4 rings (SSSR count). The molecule has 2 aromatic rings. The zero-order valence-electron chi connectivity index (χ0n) is 17.9. The molecule has 1 N–H and O–H groups in total. The largest absolute Gasteiger partial charge is 0.449 e. The van der Waals surface area contributed by atoms with Gasteiger partial charge in [-0.3, -0.25) is 4.79 Å². The highest BCUT2D eigenvalue weighted by atomic mass is 32.2. The van der Waals surface area contributed by atoms with Crippen LogP contribution in [0.4, 0.5) is 11.4 Å². The number of sulfonamides is 1. The molecule has 0 bridgehead atoms. The number of ether oxygens (including phenoxy) is 1. The van der Waals surface area contributed by atoms with Crippen molar-refractivity contribution in [3.05, 3.63) is 53.6 Å². The summed E-state index contributed by atoms with van der Waals surface area (Å²) in [5, 5.41) is 11.4. The number of nitrogens with zero attached hydrogens (tertiary/aromatic N) is 3. The minimum absolute atomic E-state index is 0.0174. The molecule has 1 fully saturated rings. The quantitative estimate of drug-likeness (QED) is 0.685. The van der Waals surface area contributed by atoms with Gasteiger partial charge in [-0.05, 0) is 62.2 Å². The minimum Gasteiger partial charge on any atom is -0.449 e. The first-order valence-electron chi connectivity index (χ1n) is 10.6. The average molecular weight is 467 g/mol. The van der Waals surface area contributed by atoms with Crippen LogP contribution >= 0.6 is 0 Å². The Morgan fingerprint density at radius 1 is 1.15 bits per heavy atom. The first-order valence-corrected chi connectivity index (χ1v) is 12.0. The van der Waals surface area contributed by atoms with Crippen molar-refractivity contribution in [3.8, 4) is 6.07 Å². The van der Waals surface area contributed by atoms with Crippen LogP contribution in [-0.4, -0.2) is 38.8 Å². The summed E-state index contributed by atoms with van der Waals surface area (Å²) in [5.41, 5.74) is 1.42. The Hall–Kier alpha value is -3.71. The molecule has 0 aliphatic carbocycles. The Balaban J connectivity index is 1.49. The molecule has 1 atom stereocenters. The number of esters is 1. The third-order valence-corrected chi connectivity index (χ3v) is 6.85. The van der Waals surface area contributed by atoms with Crippen molar-refractivity contribution in [3.63, 3.8) is 0 Å². The van der Waals surface area contributed by atoms with Gasteiger partial charge in [-0.25, -0.2) is 4.79 Å². The van der Waals surface area contributed by atoms with Crippen LogP contribution in [0.25, 0.3) is 0 Å². The third kappa shape index (κ3) is 4.73. The predicted molar refractivity (Wildman–Crippen MR) is 122 cm³/mol. The van der Waals surface area contributed by atoms with Crippen LogP contribution in [0.3, 0.4) is 0 Å². The summed E-state index contributed by atoms with van der Waals surface area (Å²) in [6, 6.07) is 12.6. The number of carbonyl (C=O) groups excluding carboxylic acids is 2. The highest BCUT2D eigenvalue weighted by Crippen LogP contribution is 2.35. The number of hydrogen-bond donors (Lipinski definition) is 1. The van der Waals surface area contributed by atoms with Gasteiger partial charge in [0.15, 0.2) is 6.10 Å². The molecule has 0 spiro atoms. The lowest BCUT2D eigenvalue weighted by Crippen LogP contribution is -2.35. The van der Waals surface area contributed by atoms with Crippen molar-refractivity contribution in [2.45, 2.75) is 43.6 Å². The number of rotatable bonds is 4. The standard InChI is InChI=1S/C23H22N4O5S/c1-15(22(28)25-18-9-6-16(14-24)7-10-18)32-23(29)17-8-11-19-20(13-17)33(30,31)26-21-5-3-2-4-12-27(19)21/h6-11,13,15H,2-5,12H2,1H3,(H,25,28)/t15-/m1/s1. The third-order valence-electron chi connectivity index (χ3n) is 5.52. The molecule has 2 aliphatic heterocycles. The summed E-state index contributed by atoms with van der Waals surface area (Å²) in [6.45, 7) is 2.08. The van der Waals surface area contributed by atoms with Gasteiger partial charge in [0.2, 0.25) is 0 Å². The molecular formula is C23H22N4O5S. The molecule has 2 heterocycles. The number of nitriles is 1. The summed E-state index contributed by atoms with van der Waals surface area (Å²) in [7, 11) is -3.94. The van der Waals surface area contributed by atoms with Crippen molar-refractivity contribution >= 4 is 39.1 Å². The Bertz CT molecular complexity index is 1280. The number of amidine groups is 1. The second-order valence-electron chi connectivity index (χ2n) is 7.85. The van der Waals surface area contributed by atoms with E-state index in [9.17, 15) is 18.0 Å². The number of nitrogens with one attached hydrogen (secondary N) is 1. The molecule has 2 aliphatic rings. The van der Waals surface area contributed by atoms with E-state index in [2.05, 4.69) is 9.71 Å². The van der Waals surface area contributed by atoms with Crippen molar-refractivity contribution in [2.24, 2.45) is 4.40 Å². The maximum absolute atomic E-state index is 12.7. The molecule has 9 nitrogen and oxygen atoms in total. The molecule has 33 heavy (non-hydrogen) atoms. The normalized spacial score (nSPS) is 17.3. The summed E-state index contributed by atoms with van der Waals surface area (Å²) in [6.07, 6.45) is 2.27. The summed E-state index contributed by atoms with van der Waals surface area (Å²) < 4.78 is 34.7. The highest BCUT2D eigenvalue weighted by Gasteiger charge is 2.32. The molecule has 1 saturated heterocycles. The molecule has 0 saturated carbocycles. The molecule has 0 aromatic heterocycles. The van der Waals surface area contributed by atoms with E-state index in [1.807, 2.05) is 11.0 Å². The summed E-state index contributed by atoms with van der Waals surface area (Å²) in [5.74, 6) is -0.845. The average Bonchev–Trinajstić information content (AvgIpc) is 3.04. The smallest absolute Gasteiger partial charge is 0.338 e. The van der Waals surface area contributed by atoms with Gasteiger partial charge >= 0.3 is 5.97 Å². The van der Waals surface area contributed by atoms with Gasteiger partial charge in [0.25, 0.3) is 15.9 Å². The fourth-order valence-electron chi connectivity index (χ4n) is 3.76. The van der Waals surface area contributed by atoms with Crippen LogP contribution in [0.15, 0.2) is 51.8 Å². The lowest BCUT2D eigenvalue weighted by Gasteiger charge is -2.29. The van der Waals surface area contributed by atoms with Crippen LogP contribution < -0.4 is 10.2 Å². The SMILES string of the molecule is C[C@@H](OC(=O)c1ccc2c(c1)S(=O)(=O)N=C1CCCCCN12)C(=O)Nc1ccc(C#N)cc1. The number of anilines is 2. The lowest BCUT2D eigenvalue weighted by atomic mass is 10.1.